The first kappa shape index (κ1) is 13.4. The van der Waals surface area contributed by atoms with Gasteiger partial charge in [0.05, 0.1) is 4.90 Å². The van der Waals surface area contributed by atoms with E-state index in [0.717, 1.165) is 10.6 Å². The second kappa shape index (κ2) is 5.27. The van der Waals surface area contributed by atoms with E-state index in [1.807, 2.05) is 11.8 Å². The lowest BCUT2D eigenvalue weighted by molar-refractivity contribution is 0.424. The summed E-state index contributed by atoms with van der Waals surface area (Å²) in [5, 5.41) is 2.05. The predicted molar refractivity (Wildman–Crippen MR) is 72.9 cm³/mol. The summed E-state index contributed by atoms with van der Waals surface area (Å²) < 4.78 is 26.3. The first-order valence-corrected chi connectivity index (χ1v) is 8.80. The zero-order valence-corrected chi connectivity index (χ0v) is 12.1. The van der Waals surface area contributed by atoms with Crippen molar-refractivity contribution in [2.45, 2.75) is 23.6 Å². The maximum atomic E-state index is 12.3. The zero-order valence-electron chi connectivity index (χ0n) is 9.63. The summed E-state index contributed by atoms with van der Waals surface area (Å²) in [5.74, 6) is 0.869. The summed E-state index contributed by atoms with van der Waals surface area (Å²) in [6, 6.07) is 1.69. The third-order valence-electron chi connectivity index (χ3n) is 2.67. The lowest BCUT2D eigenvalue weighted by Crippen LogP contribution is -2.40. The second-order valence-electron chi connectivity index (χ2n) is 4.00. The van der Waals surface area contributed by atoms with Crippen LogP contribution in [-0.2, 0) is 16.6 Å². The average molecular weight is 292 g/mol. The lowest BCUT2D eigenvalue weighted by Gasteiger charge is -2.29. The summed E-state index contributed by atoms with van der Waals surface area (Å²) in [7, 11) is -3.31. The highest BCUT2D eigenvalue weighted by molar-refractivity contribution is 8.00. The molecule has 0 spiro atoms. The van der Waals surface area contributed by atoms with Crippen molar-refractivity contribution in [2.24, 2.45) is 5.73 Å². The van der Waals surface area contributed by atoms with Gasteiger partial charge in [-0.2, -0.15) is 16.1 Å². The largest absolute Gasteiger partial charge is 0.326 e. The minimum Gasteiger partial charge on any atom is -0.326 e. The molecule has 2 heterocycles. The molecule has 1 unspecified atom stereocenters. The number of thiophene rings is 1. The van der Waals surface area contributed by atoms with Gasteiger partial charge in [0, 0.05) is 40.9 Å². The van der Waals surface area contributed by atoms with Crippen LogP contribution in [0.2, 0.25) is 0 Å². The molecule has 1 aromatic heterocycles. The van der Waals surface area contributed by atoms with Gasteiger partial charge in [0.2, 0.25) is 10.0 Å². The van der Waals surface area contributed by atoms with Crippen LogP contribution >= 0.6 is 23.1 Å². The summed E-state index contributed by atoms with van der Waals surface area (Å²) in [4.78, 5) is 1.30. The van der Waals surface area contributed by atoms with Crippen LogP contribution < -0.4 is 5.73 Å². The molecule has 0 radical (unpaired) electrons. The maximum Gasteiger partial charge on any atom is 0.243 e. The molecular formula is C10H16N2O2S3. The van der Waals surface area contributed by atoms with E-state index in [1.54, 1.807) is 15.8 Å². The van der Waals surface area contributed by atoms with Gasteiger partial charge in [-0.1, -0.05) is 6.92 Å². The Hall–Kier alpha value is -0.0800. The van der Waals surface area contributed by atoms with Crippen LogP contribution in [0.4, 0.5) is 0 Å². The van der Waals surface area contributed by atoms with E-state index in [-0.39, 0.29) is 0 Å². The smallest absolute Gasteiger partial charge is 0.243 e. The van der Waals surface area contributed by atoms with Crippen molar-refractivity contribution in [3.05, 3.63) is 16.3 Å². The standard InChI is InChI=1S/C10H16N2O2S3/c1-8-6-12(2-3-15-8)17(13,14)10-4-9(5-11)16-7-10/h4,7-8H,2-3,5-6,11H2,1H3. The molecule has 1 saturated heterocycles. The summed E-state index contributed by atoms with van der Waals surface area (Å²) in [6.07, 6.45) is 0. The summed E-state index contributed by atoms with van der Waals surface area (Å²) >= 11 is 3.22. The fourth-order valence-electron chi connectivity index (χ4n) is 1.76. The molecule has 7 heteroatoms. The van der Waals surface area contributed by atoms with Gasteiger partial charge in [-0.25, -0.2) is 8.42 Å². The predicted octanol–water partition coefficient (Wildman–Crippen LogP) is 1.33. The van der Waals surface area contributed by atoms with Crippen LogP contribution in [0.5, 0.6) is 0 Å². The zero-order chi connectivity index (χ0) is 12.5. The molecule has 4 nitrogen and oxygen atoms in total. The third-order valence-corrected chi connectivity index (χ3v) is 6.76. The Bertz CT molecular complexity index is 483. The number of rotatable bonds is 3. The van der Waals surface area contributed by atoms with Gasteiger partial charge < -0.3 is 5.73 Å². The molecule has 0 bridgehead atoms. The van der Waals surface area contributed by atoms with Gasteiger partial charge in [0.25, 0.3) is 0 Å². The molecule has 1 aliphatic rings. The van der Waals surface area contributed by atoms with Crippen LogP contribution in [0.15, 0.2) is 16.3 Å². The molecule has 96 valence electrons. The van der Waals surface area contributed by atoms with Crippen molar-refractivity contribution in [1.29, 1.82) is 0 Å². The summed E-state index contributed by atoms with van der Waals surface area (Å²) in [6.45, 7) is 3.66. The van der Waals surface area contributed by atoms with Gasteiger partial charge >= 0.3 is 0 Å². The Morgan fingerprint density at radius 2 is 2.35 bits per heavy atom. The Labute approximate surface area is 110 Å². The lowest BCUT2D eigenvalue weighted by atomic mass is 10.4. The molecule has 1 aliphatic heterocycles. The molecule has 2 rings (SSSR count). The molecule has 0 amide bonds. The van der Waals surface area contributed by atoms with E-state index in [0.29, 0.717) is 29.8 Å². The molecule has 2 N–H and O–H groups in total. The Morgan fingerprint density at radius 3 is 2.94 bits per heavy atom. The number of hydrogen-bond donors (Lipinski definition) is 1. The van der Waals surface area contributed by atoms with Crippen LogP contribution in [-0.4, -0.2) is 36.8 Å². The van der Waals surface area contributed by atoms with E-state index >= 15 is 0 Å². The normalized spacial score (nSPS) is 22.8. The van der Waals surface area contributed by atoms with Crippen molar-refractivity contribution in [2.75, 3.05) is 18.8 Å². The number of nitrogens with zero attached hydrogens (tertiary/aromatic N) is 1. The summed E-state index contributed by atoms with van der Waals surface area (Å²) in [5.41, 5.74) is 5.51. The fourth-order valence-corrected chi connectivity index (χ4v) is 5.65. The van der Waals surface area contributed by atoms with Crippen LogP contribution in [0, 0.1) is 0 Å². The number of thioether (sulfide) groups is 1. The van der Waals surface area contributed by atoms with Gasteiger partial charge in [-0.15, -0.1) is 11.3 Å². The number of nitrogens with two attached hydrogens (primary N) is 1. The van der Waals surface area contributed by atoms with E-state index in [4.69, 9.17) is 5.73 Å². The molecule has 0 aromatic carbocycles. The number of hydrogen-bond acceptors (Lipinski definition) is 5. The first-order chi connectivity index (χ1) is 8.04. The average Bonchev–Trinajstić information content (AvgIpc) is 2.78. The quantitative estimate of drug-likeness (QED) is 0.913. The maximum absolute atomic E-state index is 12.3. The highest BCUT2D eigenvalue weighted by Gasteiger charge is 2.29. The molecule has 0 aliphatic carbocycles. The minimum atomic E-state index is -3.31. The van der Waals surface area contributed by atoms with Crippen LogP contribution in [0.25, 0.3) is 0 Å². The molecular weight excluding hydrogens is 276 g/mol. The Morgan fingerprint density at radius 1 is 1.59 bits per heavy atom. The van der Waals surface area contributed by atoms with Crippen molar-refractivity contribution < 1.29 is 8.42 Å². The van der Waals surface area contributed by atoms with Crippen molar-refractivity contribution in [1.82, 2.24) is 4.31 Å². The molecule has 17 heavy (non-hydrogen) atoms. The van der Waals surface area contributed by atoms with E-state index < -0.39 is 10.0 Å². The van der Waals surface area contributed by atoms with E-state index in [1.165, 1.54) is 11.3 Å². The molecule has 1 atom stereocenters. The third kappa shape index (κ3) is 2.85. The van der Waals surface area contributed by atoms with Crippen molar-refractivity contribution in [3.63, 3.8) is 0 Å². The van der Waals surface area contributed by atoms with E-state index in [2.05, 4.69) is 6.92 Å². The van der Waals surface area contributed by atoms with Gasteiger partial charge in [0.15, 0.2) is 0 Å². The van der Waals surface area contributed by atoms with Crippen molar-refractivity contribution in [3.8, 4) is 0 Å². The highest BCUT2D eigenvalue weighted by Crippen LogP contribution is 2.26. The van der Waals surface area contributed by atoms with Gasteiger partial charge in [-0.3, -0.25) is 0 Å². The monoisotopic (exact) mass is 292 g/mol. The van der Waals surface area contributed by atoms with Crippen molar-refractivity contribution >= 4 is 33.1 Å². The fraction of sp³-hybridized carbons (Fsp3) is 0.600. The van der Waals surface area contributed by atoms with Gasteiger partial charge in [-0.05, 0) is 6.07 Å². The second-order valence-corrected chi connectivity index (χ2v) is 8.48. The van der Waals surface area contributed by atoms with Crippen LogP contribution in [0.3, 0.4) is 0 Å². The number of sulfonamides is 1. The Balaban J connectivity index is 2.23. The van der Waals surface area contributed by atoms with Crippen LogP contribution in [0.1, 0.15) is 11.8 Å². The molecule has 1 aromatic rings. The Kier molecular flexibility index (Phi) is 4.14. The minimum absolute atomic E-state index is 0.367. The highest BCUT2D eigenvalue weighted by atomic mass is 32.2. The molecule has 0 saturated carbocycles. The van der Waals surface area contributed by atoms with Gasteiger partial charge in [0.1, 0.15) is 0 Å². The SMILES string of the molecule is CC1CN(S(=O)(=O)c2csc(CN)c2)CCS1. The molecule has 1 fully saturated rings. The van der Waals surface area contributed by atoms with E-state index in [9.17, 15) is 8.42 Å². The topological polar surface area (TPSA) is 63.4 Å². The first-order valence-electron chi connectivity index (χ1n) is 5.43.